The first-order valence-corrected chi connectivity index (χ1v) is 4.49. The number of aromatic amines is 1. The molecular formula is C11H10ClN. The predicted molar refractivity (Wildman–Crippen MR) is 58.0 cm³/mol. The van der Waals surface area contributed by atoms with Gasteiger partial charge in [0.1, 0.15) is 0 Å². The van der Waals surface area contributed by atoms with Crippen molar-refractivity contribution in [3.63, 3.8) is 0 Å². The van der Waals surface area contributed by atoms with E-state index in [0.29, 0.717) is 0 Å². The lowest BCUT2D eigenvalue weighted by atomic mass is 10.2. The molecule has 2 heteroatoms. The van der Waals surface area contributed by atoms with Crippen LogP contribution in [0.5, 0.6) is 0 Å². The highest BCUT2D eigenvalue weighted by molar-refractivity contribution is 6.31. The Balaban J connectivity index is 2.68. The van der Waals surface area contributed by atoms with Gasteiger partial charge in [0.25, 0.3) is 0 Å². The third-order valence-electron chi connectivity index (χ3n) is 2.04. The predicted octanol–water partition coefficient (Wildman–Crippen LogP) is 3.85. The number of aromatic nitrogens is 1. The second-order valence-corrected chi connectivity index (χ2v) is 3.63. The summed E-state index contributed by atoms with van der Waals surface area (Å²) in [5.41, 5.74) is 3.20. The highest BCUT2D eigenvalue weighted by atomic mass is 35.5. The van der Waals surface area contributed by atoms with E-state index in [2.05, 4.69) is 17.6 Å². The Bertz CT molecular complexity index is 468. The summed E-state index contributed by atoms with van der Waals surface area (Å²) in [5, 5.41) is 1.89. The smallest absolute Gasteiger partial charge is 0.0459 e. The number of rotatable bonds is 1. The average Bonchev–Trinajstić information content (AvgIpc) is 2.46. The topological polar surface area (TPSA) is 15.8 Å². The van der Waals surface area contributed by atoms with Crippen LogP contribution < -0.4 is 0 Å². The largest absolute Gasteiger partial charge is 0.355 e. The van der Waals surface area contributed by atoms with Gasteiger partial charge in [-0.25, -0.2) is 0 Å². The zero-order valence-electron chi connectivity index (χ0n) is 7.39. The first-order chi connectivity index (χ1) is 6.16. The minimum Gasteiger partial charge on any atom is -0.355 e. The van der Waals surface area contributed by atoms with Gasteiger partial charge in [0.05, 0.1) is 0 Å². The third-order valence-corrected chi connectivity index (χ3v) is 2.28. The number of hydrogen-bond donors (Lipinski definition) is 1. The van der Waals surface area contributed by atoms with E-state index in [-0.39, 0.29) is 0 Å². The van der Waals surface area contributed by atoms with E-state index in [1.54, 1.807) is 0 Å². The molecule has 0 bridgehead atoms. The van der Waals surface area contributed by atoms with Gasteiger partial charge in [-0.15, -0.1) is 0 Å². The highest BCUT2D eigenvalue weighted by Crippen LogP contribution is 2.22. The quantitative estimate of drug-likeness (QED) is 0.705. The first-order valence-electron chi connectivity index (χ1n) is 4.11. The molecule has 0 saturated carbocycles. The molecular weight excluding hydrogens is 182 g/mol. The monoisotopic (exact) mass is 191 g/mol. The van der Waals surface area contributed by atoms with Gasteiger partial charge in [0.15, 0.2) is 0 Å². The molecule has 0 aliphatic heterocycles. The van der Waals surface area contributed by atoms with E-state index in [9.17, 15) is 0 Å². The molecule has 66 valence electrons. The number of benzene rings is 1. The summed E-state index contributed by atoms with van der Waals surface area (Å²) in [4.78, 5) is 3.26. The molecule has 0 saturated heterocycles. The summed E-state index contributed by atoms with van der Waals surface area (Å²) >= 11 is 5.87. The van der Waals surface area contributed by atoms with Crippen LogP contribution in [0.1, 0.15) is 12.6 Å². The number of hydrogen-bond acceptors (Lipinski definition) is 0. The molecule has 1 heterocycles. The molecule has 1 N–H and O–H groups in total. The van der Waals surface area contributed by atoms with E-state index in [1.165, 1.54) is 0 Å². The van der Waals surface area contributed by atoms with E-state index in [1.807, 2.05) is 25.1 Å². The molecule has 0 aliphatic rings. The lowest BCUT2D eigenvalue weighted by Gasteiger charge is -1.90. The van der Waals surface area contributed by atoms with Gasteiger partial charge in [0, 0.05) is 21.6 Å². The van der Waals surface area contributed by atoms with E-state index in [0.717, 1.165) is 27.2 Å². The lowest BCUT2D eigenvalue weighted by Crippen LogP contribution is -1.73. The van der Waals surface area contributed by atoms with E-state index < -0.39 is 0 Å². The van der Waals surface area contributed by atoms with Crippen LogP contribution in [-0.4, -0.2) is 4.98 Å². The minimum atomic E-state index is 0.764. The summed E-state index contributed by atoms with van der Waals surface area (Å²) in [6.07, 6.45) is 0. The molecule has 0 radical (unpaired) electrons. The average molecular weight is 192 g/mol. The maximum atomic E-state index is 5.87. The Kier molecular flexibility index (Phi) is 1.89. The van der Waals surface area contributed by atoms with Crippen LogP contribution in [0.4, 0.5) is 0 Å². The van der Waals surface area contributed by atoms with Crippen molar-refractivity contribution in [2.45, 2.75) is 6.92 Å². The van der Waals surface area contributed by atoms with Gasteiger partial charge in [-0.2, -0.15) is 0 Å². The van der Waals surface area contributed by atoms with Crippen molar-refractivity contribution in [1.82, 2.24) is 4.98 Å². The fourth-order valence-electron chi connectivity index (χ4n) is 1.33. The van der Waals surface area contributed by atoms with Crippen molar-refractivity contribution < 1.29 is 0 Å². The van der Waals surface area contributed by atoms with Crippen LogP contribution >= 0.6 is 11.6 Å². The number of fused-ring (bicyclic) bond motifs is 1. The van der Waals surface area contributed by atoms with Crippen LogP contribution in [-0.2, 0) is 0 Å². The Morgan fingerprint density at radius 2 is 2.15 bits per heavy atom. The standard InChI is InChI=1S/C11H10ClN/c1-7(2)11-6-8-5-9(12)3-4-10(8)13-11/h3-6,13H,1H2,2H3. The Labute approximate surface area is 82.0 Å². The minimum absolute atomic E-state index is 0.764. The van der Waals surface area contributed by atoms with E-state index in [4.69, 9.17) is 11.6 Å². The lowest BCUT2D eigenvalue weighted by molar-refractivity contribution is 1.39. The normalized spacial score (nSPS) is 10.6. The zero-order chi connectivity index (χ0) is 9.42. The maximum Gasteiger partial charge on any atom is 0.0459 e. The van der Waals surface area contributed by atoms with Gasteiger partial charge in [-0.1, -0.05) is 18.2 Å². The van der Waals surface area contributed by atoms with Crippen LogP contribution in [0.3, 0.4) is 0 Å². The van der Waals surface area contributed by atoms with Crippen molar-refractivity contribution in [1.29, 1.82) is 0 Å². The summed E-state index contributed by atoms with van der Waals surface area (Å²) in [7, 11) is 0. The van der Waals surface area contributed by atoms with E-state index >= 15 is 0 Å². The number of allylic oxidation sites excluding steroid dienone is 1. The van der Waals surface area contributed by atoms with Crippen molar-refractivity contribution in [2.75, 3.05) is 0 Å². The fraction of sp³-hybridized carbons (Fsp3) is 0.0909. The van der Waals surface area contributed by atoms with Gasteiger partial charge in [-0.05, 0) is 36.8 Å². The summed E-state index contributed by atoms with van der Waals surface area (Å²) in [6.45, 7) is 5.86. The van der Waals surface area contributed by atoms with Gasteiger partial charge in [0.2, 0.25) is 0 Å². The fourth-order valence-corrected chi connectivity index (χ4v) is 1.51. The van der Waals surface area contributed by atoms with Crippen LogP contribution in [0, 0.1) is 0 Å². The second-order valence-electron chi connectivity index (χ2n) is 3.19. The van der Waals surface area contributed by atoms with Crippen molar-refractivity contribution >= 4 is 28.1 Å². The number of nitrogens with one attached hydrogen (secondary N) is 1. The molecule has 13 heavy (non-hydrogen) atoms. The Morgan fingerprint density at radius 1 is 1.38 bits per heavy atom. The molecule has 0 fully saturated rings. The Hall–Kier alpha value is -1.21. The SMILES string of the molecule is C=C(C)c1cc2cc(Cl)ccc2[nH]1. The van der Waals surface area contributed by atoms with Gasteiger partial charge < -0.3 is 4.98 Å². The first kappa shape index (κ1) is 8.39. The summed E-state index contributed by atoms with van der Waals surface area (Å²) in [5.74, 6) is 0. The Morgan fingerprint density at radius 3 is 2.85 bits per heavy atom. The number of halogens is 1. The van der Waals surface area contributed by atoms with Crippen molar-refractivity contribution in [2.24, 2.45) is 0 Å². The zero-order valence-corrected chi connectivity index (χ0v) is 8.15. The van der Waals surface area contributed by atoms with Crippen molar-refractivity contribution in [3.8, 4) is 0 Å². The second kappa shape index (κ2) is 2.93. The highest BCUT2D eigenvalue weighted by Gasteiger charge is 2.00. The molecule has 0 atom stereocenters. The molecule has 0 aliphatic carbocycles. The van der Waals surface area contributed by atoms with Gasteiger partial charge in [-0.3, -0.25) is 0 Å². The van der Waals surface area contributed by atoms with Crippen LogP contribution in [0.2, 0.25) is 5.02 Å². The van der Waals surface area contributed by atoms with Crippen LogP contribution in [0.25, 0.3) is 16.5 Å². The molecule has 1 aromatic heterocycles. The molecule has 0 spiro atoms. The molecule has 0 amide bonds. The number of H-pyrrole nitrogens is 1. The summed E-state index contributed by atoms with van der Waals surface area (Å²) < 4.78 is 0. The molecule has 2 aromatic rings. The summed E-state index contributed by atoms with van der Waals surface area (Å²) in [6, 6.07) is 7.86. The van der Waals surface area contributed by atoms with Crippen LogP contribution in [0.15, 0.2) is 30.8 Å². The molecule has 0 unspecified atom stereocenters. The van der Waals surface area contributed by atoms with Gasteiger partial charge >= 0.3 is 0 Å². The molecule has 1 aromatic carbocycles. The van der Waals surface area contributed by atoms with Crippen molar-refractivity contribution in [3.05, 3.63) is 41.6 Å². The molecule has 1 nitrogen and oxygen atoms in total. The maximum absolute atomic E-state index is 5.87. The third kappa shape index (κ3) is 1.47. The molecule has 2 rings (SSSR count).